The summed E-state index contributed by atoms with van der Waals surface area (Å²) in [6.45, 7) is 0. The van der Waals surface area contributed by atoms with E-state index >= 15 is 0 Å². The van der Waals surface area contributed by atoms with Crippen molar-refractivity contribution in [1.82, 2.24) is 15.0 Å². The zero-order valence-electron chi connectivity index (χ0n) is 11.1. The van der Waals surface area contributed by atoms with Gasteiger partial charge in [0.15, 0.2) is 5.65 Å². The number of nitrogens with one attached hydrogen (secondary N) is 1. The second kappa shape index (κ2) is 5.40. The van der Waals surface area contributed by atoms with E-state index in [1.165, 1.54) is 0 Å². The van der Waals surface area contributed by atoms with E-state index in [9.17, 15) is 4.79 Å². The molecule has 2 aromatic rings. The third-order valence-electron chi connectivity index (χ3n) is 3.80. The number of fused-ring (bicyclic) bond motifs is 1. The van der Waals surface area contributed by atoms with Crippen LogP contribution in [-0.4, -0.2) is 26.9 Å². The second-order valence-electron chi connectivity index (χ2n) is 5.14. The van der Waals surface area contributed by atoms with Gasteiger partial charge >= 0.3 is 0 Å². The van der Waals surface area contributed by atoms with Crippen molar-refractivity contribution in [1.29, 1.82) is 0 Å². The number of nitrogens with zero attached hydrogens (tertiary/aromatic N) is 3. The van der Waals surface area contributed by atoms with E-state index in [1.54, 1.807) is 12.4 Å². The second-order valence-corrected chi connectivity index (χ2v) is 5.14. The first-order valence-electron chi connectivity index (χ1n) is 6.87. The summed E-state index contributed by atoms with van der Waals surface area (Å²) >= 11 is 0. The van der Waals surface area contributed by atoms with Gasteiger partial charge in [0.05, 0.1) is 5.92 Å². The largest absolute Gasteiger partial charge is 0.369 e. The molecule has 6 heteroatoms. The number of pyridine rings is 1. The van der Waals surface area contributed by atoms with Gasteiger partial charge in [0.2, 0.25) is 5.91 Å². The maximum Gasteiger partial charge on any atom is 0.222 e. The third kappa shape index (κ3) is 2.54. The fourth-order valence-electron chi connectivity index (χ4n) is 2.77. The molecule has 0 unspecified atom stereocenters. The molecule has 0 radical (unpaired) electrons. The molecule has 0 aliphatic heterocycles. The Balaban J connectivity index is 1.82. The molecule has 0 aromatic carbocycles. The number of nitrogens with two attached hydrogens (primary N) is 1. The van der Waals surface area contributed by atoms with Gasteiger partial charge in [0, 0.05) is 18.4 Å². The average molecular weight is 271 g/mol. The molecule has 3 rings (SSSR count). The van der Waals surface area contributed by atoms with Crippen LogP contribution >= 0.6 is 0 Å². The molecule has 0 spiro atoms. The maximum absolute atomic E-state index is 11.5. The molecule has 2 heterocycles. The number of aromatic nitrogens is 3. The van der Waals surface area contributed by atoms with Crippen LogP contribution in [0.25, 0.3) is 11.2 Å². The first kappa shape index (κ1) is 12.8. The molecule has 0 saturated heterocycles. The Bertz CT molecular complexity index is 630. The summed E-state index contributed by atoms with van der Waals surface area (Å²) in [5.74, 6) is 0.363. The summed E-state index contributed by atoms with van der Waals surface area (Å²) in [6.07, 6.45) is 7.21. The van der Waals surface area contributed by atoms with Crippen molar-refractivity contribution in [3.8, 4) is 0 Å². The highest BCUT2D eigenvalue weighted by Gasteiger charge is 2.29. The number of carbonyl (C=O) groups excluding carboxylic acids is 1. The Morgan fingerprint density at radius 3 is 2.85 bits per heavy atom. The predicted octanol–water partition coefficient (Wildman–Crippen LogP) is 1.48. The summed E-state index contributed by atoms with van der Waals surface area (Å²) in [6, 6.07) is 3.80. The van der Waals surface area contributed by atoms with Crippen molar-refractivity contribution in [3.05, 3.63) is 24.5 Å². The Hall–Kier alpha value is -2.24. The molecule has 20 heavy (non-hydrogen) atoms. The van der Waals surface area contributed by atoms with Gasteiger partial charge < -0.3 is 11.1 Å². The van der Waals surface area contributed by atoms with Crippen LogP contribution in [0.2, 0.25) is 0 Å². The molecule has 1 fully saturated rings. The molecule has 6 nitrogen and oxygen atoms in total. The van der Waals surface area contributed by atoms with Crippen molar-refractivity contribution in [3.63, 3.8) is 0 Å². The highest BCUT2D eigenvalue weighted by Crippen LogP contribution is 2.26. The van der Waals surface area contributed by atoms with Crippen molar-refractivity contribution in [2.75, 3.05) is 5.32 Å². The van der Waals surface area contributed by atoms with E-state index in [0.29, 0.717) is 5.65 Å². The van der Waals surface area contributed by atoms with E-state index in [-0.39, 0.29) is 17.9 Å². The normalized spacial score (nSPS) is 22.6. The molecule has 1 amide bonds. The predicted molar refractivity (Wildman–Crippen MR) is 75.9 cm³/mol. The number of anilines is 1. The minimum atomic E-state index is -0.234. The van der Waals surface area contributed by atoms with Crippen molar-refractivity contribution in [2.45, 2.75) is 31.7 Å². The van der Waals surface area contributed by atoms with Crippen LogP contribution in [-0.2, 0) is 4.79 Å². The van der Waals surface area contributed by atoms with Crippen molar-refractivity contribution < 1.29 is 4.79 Å². The minimum absolute atomic E-state index is 0.0582. The summed E-state index contributed by atoms with van der Waals surface area (Å²) in [7, 11) is 0. The van der Waals surface area contributed by atoms with E-state index in [1.807, 2.05) is 12.1 Å². The molecule has 1 aliphatic carbocycles. The summed E-state index contributed by atoms with van der Waals surface area (Å²) in [5, 5.41) is 3.32. The standard InChI is InChI=1S/C14H17N5O/c15-13(20)9-3-1-2-4-10(9)18-12-6-5-11-14(19-12)17-8-7-16-11/h5-10H,1-4H2,(H2,15,20)(H,17,18,19)/t9-,10-/m0/s1. The third-order valence-corrected chi connectivity index (χ3v) is 3.80. The smallest absolute Gasteiger partial charge is 0.222 e. The molecule has 3 N–H and O–H groups in total. The fraction of sp³-hybridized carbons (Fsp3) is 0.429. The maximum atomic E-state index is 11.5. The van der Waals surface area contributed by atoms with E-state index < -0.39 is 0 Å². The van der Waals surface area contributed by atoms with E-state index in [2.05, 4.69) is 20.3 Å². The lowest BCUT2D eigenvalue weighted by molar-refractivity contribution is -0.122. The van der Waals surface area contributed by atoms with Crippen LogP contribution in [0.5, 0.6) is 0 Å². The lowest BCUT2D eigenvalue weighted by atomic mass is 9.84. The van der Waals surface area contributed by atoms with Crippen LogP contribution in [0.15, 0.2) is 24.5 Å². The molecule has 2 atom stereocenters. The summed E-state index contributed by atoms with van der Waals surface area (Å²) in [5.41, 5.74) is 6.84. The van der Waals surface area contributed by atoms with Gasteiger partial charge in [-0.3, -0.25) is 9.78 Å². The fourth-order valence-corrected chi connectivity index (χ4v) is 2.77. The summed E-state index contributed by atoms with van der Waals surface area (Å²) < 4.78 is 0. The highest BCUT2D eigenvalue weighted by molar-refractivity contribution is 5.78. The molecule has 1 aliphatic rings. The molecule has 2 aromatic heterocycles. The molecule has 104 valence electrons. The van der Waals surface area contributed by atoms with E-state index in [0.717, 1.165) is 37.0 Å². The molecule has 0 bridgehead atoms. The van der Waals surface area contributed by atoms with Crippen LogP contribution < -0.4 is 11.1 Å². The van der Waals surface area contributed by atoms with Gasteiger partial charge in [0.25, 0.3) is 0 Å². The van der Waals surface area contributed by atoms with Crippen LogP contribution in [0.3, 0.4) is 0 Å². The van der Waals surface area contributed by atoms with Gasteiger partial charge in [-0.1, -0.05) is 12.8 Å². The van der Waals surface area contributed by atoms with Crippen LogP contribution in [0.4, 0.5) is 5.82 Å². The number of carbonyl (C=O) groups is 1. The topological polar surface area (TPSA) is 93.8 Å². The lowest BCUT2D eigenvalue weighted by Gasteiger charge is -2.30. The number of amides is 1. The summed E-state index contributed by atoms with van der Waals surface area (Å²) in [4.78, 5) is 24.3. The van der Waals surface area contributed by atoms with Gasteiger partial charge in [-0.05, 0) is 25.0 Å². The Morgan fingerprint density at radius 1 is 1.20 bits per heavy atom. The average Bonchev–Trinajstić information content (AvgIpc) is 2.47. The highest BCUT2D eigenvalue weighted by atomic mass is 16.1. The zero-order chi connectivity index (χ0) is 13.9. The van der Waals surface area contributed by atoms with E-state index in [4.69, 9.17) is 5.73 Å². The first-order chi connectivity index (χ1) is 9.74. The minimum Gasteiger partial charge on any atom is -0.369 e. The Kier molecular flexibility index (Phi) is 3.45. The first-order valence-corrected chi connectivity index (χ1v) is 6.87. The number of hydrogen-bond acceptors (Lipinski definition) is 5. The van der Waals surface area contributed by atoms with Gasteiger partial charge in [-0.15, -0.1) is 0 Å². The quantitative estimate of drug-likeness (QED) is 0.881. The molecular formula is C14H17N5O. The Labute approximate surface area is 116 Å². The van der Waals surface area contributed by atoms with Crippen molar-refractivity contribution in [2.24, 2.45) is 11.7 Å². The lowest BCUT2D eigenvalue weighted by Crippen LogP contribution is -2.40. The Morgan fingerprint density at radius 2 is 2.00 bits per heavy atom. The number of rotatable bonds is 3. The monoisotopic (exact) mass is 271 g/mol. The SMILES string of the molecule is NC(=O)[C@H]1CCCC[C@@H]1Nc1ccc2nccnc2n1. The van der Waals surface area contributed by atoms with Gasteiger partial charge in [-0.25, -0.2) is 9.97 Å². The number of hydrogen-bond donors (Lipinski definition) is 2. The van der Waals surface area contributed by atoms with Crippen LogP contribution in [0, 0.1) is 5.92 Å². The zero-order valence-corrected chi connectivity index (χ0v) is 11.1. The van der Waals surface area contributed by atoms with Crippen LogP contribution in [0.1, 0.15) is 25.7 Å². The van der Waals surface area contributed by atoms with Gasteiger partial charge in [-0.2, -0.15) is 0 Å². The van der Waals surface area contributed by atoms with Crippen molar-refractivity contribution >= 4 is 22.9 Å². The molecule has 1 saturated carbocycles. The molecular weight excluding hydrogens is 254 g/mol. The number of primary amides is 1. The van der Waals surface area contributed by atoms with Gasteiger partial charge in [0.1, 0.15) is 11.3 Å².